The maximum Gasteiger partial charge on any atom is 0.312 e. The molecule has 0 aromatic heterocycles. The minimum atomic E-state index is -0.580. The van der Waals surface area contributed by atoms with E-state index in [-0.39, 0.29) is 10.8 Å². The number of halogens is 3. The van der Waals surface area contributed by atoms with Crippen molar-refractivity contribution in [2.45, 2.75) is 74.3 Å². The smallest absolute Gasteiger partial charge is 0.312 e. The van der Waals surface area contributed by atoms with Gasteiger partial charge in [0.25, 0.3) is 0 Å². The maximum absolute atomic E-state index is 13.5. The van der Waals surface area contributed by atoms with Crippen molar-refractivity contribution < 1.29 is 13.9 Å². The first-order valence-corrected chi connectivity index (χ1v) is 12.9. The highest BCUT2D eigenvalue weighted by Crippen LogP contribution is 2.27. The summed E-state index contributed by atoms with van der Waals surface area (Å²) in [6.45, 7) is 18.1. The van der Waals surface area contributed by atoms with E-state index >= 15 is 0 Å². The number of nitrogens with one attached hydrogen (secondary N) is 1. The van der Waals surface area contributed by atoms with Crippen LogP contribution in [0, 0.1) is 5.82 Å². The lowest BCUT2D eigenvalue weighted by molar-refractivity contribution is -0.117. The summed E-state index contributed by atoms with van der Waals surface area (Å²) >= 11 is 12.1. The van der Waals surface area contributed by atoms with Crippen molar-refractivity contribution in [3.05, 3.63) is 68.9 Å². The highest BCUT2D eigenvalue weighted by atomic mass is 35.5. The molecule has 1 aromatic rings. The Kier molecular flexibility index (Phi) is 20.9. The third-order valence-corrected chi connectivity index (χ3v) is 5.08. The number of benzene rings is 1. The van der Waals surface area contributed by atoms with Gasteiger partial charge in [-0.05, 0) is 55.3 Å². The normalized spacial score (nSPS) is 12.4. The van der Waals surface area contributed by atoms with E-state index in [0.29, 0.717) is 13.2 Å². The molecule has 0 radical (unpaired) electrons. The molecule has 0 bridgehead atoms. The van der Waals surface area contributed by atoms with Crippen LogP contribution in [0.2, 0.25) is 5.02 Å². The van der Waals surface area contributed by atoms with Crippen molar-refractivity contribution in [3.8, 4) is 0 Å². The molecule has 0 aliphatic heterocycles. The SMILES string of the molecule is C=NC(=O)/C(=C\N(CNC1=C(CC)CCC(Cl)=C1)Cc1ccc(F)c(Cl)c1)OC.CC.CC.CC. The first-order chi connectivity index (χ1) is 16.9. The minimum Gasteiger partial charge on any atom is -0.490 e. The molecule has 8 heteroatoms. The quantitative estimate of drug-likeness (QED) is 0.151. The van der Waals surface area contributed by atoms with Crippen LogP contribution in [0.4, 0.5) is 4.39 Å². The summed E-state index contributed by atoms with van der Waals surface area (Å²) in [7, 11) is 1.39. The number of methoxy groups -OCH3 is 1. The molecule has 1 aliphatic rings. The topological polar surface area (TPSA) is 53.9 Å². The number of aliphatic imine (C=N–C) groups is 1. The first-order valence-electron chi connectivity index (χ1n) is 12.1. The summed E-state index contributed by atoms with van der Waals surface area (Å²) < 4.78 is 18.6. The van der Waals surface area contributed by atoms with Crippen molar-refractivity contribution in [1.82, 2.24) is 10.2 Å². The van der Waals surface area contributed by atoms with E-state index in [1.807, 2.05) is 52.5 Å². The lowest BCUT2D eigenvalue weighted by Gasteiger charge is -2.25. The van der Waals surface area contributed by atoms with Gasteiger partial charge in [-0.25, -0.2) is 9.38 Å². The summed E-state index contributed by atoms with van der Waals surface area (Å²) in [4.78, 5) is 17.1. The maximum atomic E-state index is 13.5. The molecule has 5 nitrogen and oxygen atoms in total. The Morgan fingerprint density at radius 1 is 1.20 bits per heavy atom. The number of carbonyl (C=O) groups is 1. The van der Waals surface area contributed by atoms with E-state index in [1.54, 1.807) is 18.3 Å². The number of hydrogen-bond acceptors (Lipinski definition) is 4. The van der Waals surface area contributed by atoms with Gasteiger partial charge in [0.1, 0.15) is 5.82 Å². The fourth-order valence-electron chi connectivity index (χ4n) is 2.92. The molecule has 198 valence electrons. The van der Waals surface area contributed by atoms with Gasteiger partial charge in [-0.2, -0.15) is 0 Å². The molecule has 1 N–H and O–H groups in total. The molecule has 2 rings (SSSR count). The van der Waals surface area contributed by atoms with Gasteiger partial charge in [0.2, 0.25) is 5.76 Å². The lowest BCUT2D eigenvalue weighted by Crippen LogP contribution is -2.31. The predicted octanol–water partition coefficient (Wildman–Crippen LogP) is 8.20. The molecule has 0 saturated heterocycles. The molecule has 0 spiro atoms. The van der Waals surface area contributed by atoms with Gasteiger partial charge in [-0.1, -0.05) is 77.7 Å². The molecule has 0 heterocycles. The second kappa shape index (κ2) is 21.0. The van der Waals surface area contributed by atoms with Crippen LogP contribution in [-0.2, 0) is 16.1 Å². The predicted molar refractivity (Wildman–Crippen MR) is 149 cm³/mol. The number of nitrogens with zero attached hydrogens (tertiary/aromatic N) is 2. The standard InChI is InChI=1S/C21H24Cl2FN3O2.3C2H6/c1-4-15-6-7-16(22)10-19(15)26-13-27(12-20(29-3)21(28)25-2)11-14-5-8-18(24)17(23)9-14;3*1-2/h5,8-10,12,26H,2,4,6-7,11,13H2,1,3H3;3*1-2H3/b20-12+;;;. The zero-order chi connectivity index (χ0) is 27.4. The number of ether oxygens (including phenoxy) is 1. The van der Waals surface area contributed by atoms with Gasteiger partial charge >= 0.3 is 5.91 Å². The molecular weight excluding hydrogens is 488 g/mol. The van der Waals surface area contributed by atoms with Crippen LogP contribution in [0.15, 0.2) is 57.5 Å². The third-order valence-electron chi connectivity index (χ3n) is 4.49. The summed E-state index contributed by atoms with van der Waals surface area (Å²) in [5.74, 6) is -1.03. The largest absolute Gasteiger partial charge is 0.490 e. The van der Waals surface area contributed by atoms with Gasteiger partial charge in [-0.15, -0.1) is 0 Å². The van der Waals surface area contributed by atoms with Gasteiger partial charge in [0.15, 0.2) is 0 Å². The van der Waals surface area contributed by atoms with Gasteiger partial charge in [-0.3, -0.25) is 4.79 Å². The summed E-state index contributed by atoms with van der Waals surface area (Å²) in [5, 5.41) is 4.19. The summed E-state index contributed by atoms with van der Waals surface area (Å²) in [5.41, 5.74) is 3.01. The third kappa shape index (κ3) is 12.8. The summed E-state index contributed by atoms with van der Waals surface area (Å²) in [6, 6.07) is 4.49. The Morgan fingerprint density at radius 2 is 1.83 bits per heavy atom. The van der Waals surface area contributed by atoms with Gasteiger partial charge < -0.3 is 15.0 Å². The second-order valence-corrected chi connectivity index (χ2v) is 7.35. The van der Waals surface area contributed by atoms with Crippen molar-refractivity contribution in [1.29, 1.82) is 0 Å². The number of rotatable bonds is 9. The number of amides is 1. The molecule has 0 unspecified atom stereocenters. The zero-order valence-corrected chi connectivity index (χ0v) is 24.0. The van der Waals surface area contributed by atoms with Crippen LogP contribution < -0.4 is 5.32 Å². The Balaban J connectivity index is 0. The Morgan fingerprint density at radius 3 is 2.34 bits per heavy atom. The van der Waals surface area contributed by atoms with E-state index in [9.17, 15) is 9.18 Å². The van der Waals surface area contributed by atoms with E-state index in [4.69, 9.17) is 27.9 Å². The van der Waals surface area contributed by atoms with E-state index in [2.05, 4.69) is 24.0 Å². The Labute approximate surface area is 221 Å². The summed E-state index contributed by atoms with van der Waals surface area (Å²) in [6.07, 6.45) is 6.12. The highest BCUT2D eigenvalue weighted by molar-refractivity contribution is 6.30. The minimum absolute atomic E-state index is 0.0353. The molecular formula is C27H42Cl2FN3O2. The van der Waals surface area contributed by atoms with Crippen molar-refractivity contribution >= 4 is 35.8 Å². The lowest BCUT2D eigenvalue weighted by atomic mass is 10.00. The Hall–Kier alpha value is -2.31. The van der Waals surface area contributed by atoms with E-state index in [0.717, 1.165) is 35.6 Å². The fourth-order valence-corrected chi connectivity index (χ4v) is 3.33. The van der Waals surface area contributed by atoms with E-state index < -0.39 is 11.7 Å². The molecule has 0 saturated carbocycles. The van der Waals surface area contributed by atoms with Crippen molar-refractivity contribution in [2.75, 3.05) is 13.8 Å². The molecule has 1 aromatic carbocycles. The highest BCUT2D eigenvalue weighted by Gasteiger charge is 2.14. The number of allylic oxidation sites excluding steroid dienone is 3. The van der Waals surface area contributed by atoms with E-state index in [1.165, 1.54) is 18.7 Å². The average molecular weight is 531 g/mol. The van der Waals surface area contributed by atoms with Crippen LogP contribution in [0.5, 0.6) is 0 Å². The first kappa shape index (κ1) is 34.9. The van der Waals surface area contributed by atoms with Gasteiger partial charge in [0, 0.05) is 23.5 Å². The molecule has 0 fully saturated rings. The van der Waals surface area contributed by atoms with Crippen LogP contribution in [-0.4, -0.2) is 31.3 Å². The van der Waals surface area contributed by atoms with Crippen LogP contribution in [0.1, 0.15) is 73.3 Å². The number of hydrogen-bond donors (Lipinski definition) is 1. The Bertz CT molecular complexity index is 868. The molecule has 1 aliphatic carbocycles. The fraction of sp³-hybridized carbons (Fsp3) is 0.481. The van der Waals surface area contributed by atoms with Crippen molar-refractivity contribution in [3.63, 3.8) is 0 Å². The average Bonchev–Trinajstić information content (AvgIpc) is 2.90. The number of carbonyl (C=O) groups excluding carboxylic acids is 1. The molecule has 0 atom stereocenters. The monoisotopic (exact) mass is 529 g/mol. The van der Waals surface area contributed by atoms with Crippen LogP contribution >= 0.6 is 23.2 Å². The van der Waals surface area contributed by atoms with Crippen molar-refractivity contribution in [2.24, 2.45) is 4.99 Å². The molecule has 35 heavy (non-hydrogen) atoms. The van der Waals surface area contributed by atoms with Crippen LogP contribution in [0.25, 0.3) is 0 Å². The second-order valence-electron chi connectivity index (χ2n) is 6.45. The van der Waals surface area contributed by atoms with Crippen LogP contribution in [0.3, 0.4) is 0 Å². The molecule has 1 amide bonds. The van der Waals surface area contributed by atoms with Gasteiger partial charge in [0.05, 0.1) is 18.8 Å². The zero-order valence-electron chi connectivity index (χ0n) is 22.5.